The zero-order valence-corrected chi connectivity index (χ0v) is 23.2. The zero-order valence-electron chi connectivity index (χ0n) is 22.4. The van der Waals surface area contributed by atoms with E-state index in [9.17, 15) is 4.79 Å². The normalized spacial score (nSPS) is 21.3. The first kappa shape index (κ1) is 24.5. The summed E-state index contributed by atoms with van der Waals surface area (Å²) in [6.45, 7) is 5.23. The van der Waals surface area contributed by atoms with Crippen molar-refractivity contribution >= 4 is 49.8 Å². The molecule has 0 bridgehead atoms. The number of thiazole rings is 1. The van der Waals surface area contributed by atoms with E-state index in [1.165, 1.54) is 28.1 Å². The first-order chi connectivity index (χ1) is 18.9. The molecule has 2 unspecified atom stereocenters. The molecule has 200 valence electrons. The van der Waals surface area contributed by atoms with Gasteiger partial charge in [0.05, 0.1) is 44.8 Å². The lowest BCUT2D eigenvalue weighted by Gasteiger charge is -2.39. The van der Waals surface area contributed by atoms with Crippen molar-refractivity contribution in [3.8, 4) is 0 Å². The van der Waals surface area contributed by atoms with Crippen LogP contribution in [0.4, 0.5) is 5.82 Å². The van der Waals surface area contributed by atoms with Crippen molar-refractivity contribution in [1.82, 2.24) is 29.2 Å². The van der Waals surface area contributed by atoms with Gasteiger partial charge in [0.25, 0.3) is 5.91 Å². The maximum Gasteiger partial charge on any atom is 0.254 e. The molecule has 5 aromatic rings. The van der Waals surface area contributed by atoms with Crippen LogP contribution in [0, 0.1) is 5.92 Å². The summed E-state index contributed by atoms with van der Waals surface area (Å²) in [5.74, 6) is 1.48. The second-order valence-electron chi connectivity index (χ2n) is 11.4. The largest absolute Gasteiger partial charge is 0.382 e. The van der Waals surface area contributed by atoms with E-state index in [4.69, 9.17) is 10.7 Å². The fourth-order valence-electron chi connectivity index (χ4n) is 6.30. The first-order valence-corrected chi connectivity index (χ1v) is 14.7. The van der Waals surface area contributed by atoms with E-state index in [-0.39, 0.29) is 11.9 Å². The van der Waals surface area contributed by atoms with Crippen molar-refractivity contribution in [3.05, 3.63) is 65.1 Å². The van der Waals surface area contributed by atoms with Crippen molar-refractivity contribution in [3.63, 3.8) is 0 Å². The number of fused-ring (bicyclic) bond motifs is 4. The quantitative estimate of drug-likeness (QED) is 0.326. The molecule has 0 aliphatic carbocycles. The maximum atomic E-state index is 14.1. The highest BCUT2D eigenvalue weighted by molar-refractivity contribution is 7.18. The molecule has 1 amide bonds. The summed E-state index contributed by atoms with van der Waals surface area (Å²) in [5, 5.41) is 1.26. The molecule has 0 spiro atoms. The highest BCUT2D eigenvalue weighted by atomic mass is 32.1. The van der Waals surface area contributed by atoms with Crippen LogP contribution >= 0.6 is 11.3 Å². The minimum atomic E-state index is 0.0279. The van der Waals surface area contributed by atoms with E-state index in [1.807, 2.05) is 33.9 Å². The maximum absolute atomic E-state index is 14.1. The molecule has 2 N–H and O–H groups in total. The van der Waals surface area contributed by atoms with Crippen molar-refractivity contribution < 1.29 is 4.79 Å². The first-order valence-electron chi connectivity index (χ1n) is 13.9. The Kier molecular flexibility index (Phi) is 6.01. The van der Waals surface area contributed by atoms with Gasteiger partial charge >= 0.3 is 0 Å². The third kappa shape index (κ3) is 4.33. The number of nitrogens with two attached hydrogens (primary N) is 1. The van der Waals surface area contributed by atoms with Gasteiger partial charge in [-0.1, -0.05) is 13.0 Å². The second kappa shape index (κ2) is 9.57. The van der Waals surface area contributed by atoms with Crippen LogP contribution in [0.25, 0.3) is 26.8 Å². The van der Waals surface area contributed by atoms with E-state index in [0.717, 1.165) is 54.5 Å². The summed E-state index contributed by atoms with van der Waals surface area (Å²) in [5.41, 5.74) is 11.3. The number of imidazole rings is 1. The average Bonchev–Trinajstić information content (AvgIpc) is 3.61. The van der Waals surface area contributed by atoms with Gasteiger partial charge < -0.3 is 15.5 Å². The smallest absolute Gasteiger partial charge is 0.254 e. The summed E-state index contributed by atoms with van der Waals surface area (Å²) in [6.07, 6.45) is 7.81. The number of carbonyl (C=O) groups excluding carboxylic acids is 1. The summed E-state index contributed by atoms with van der Waals surface area (Å²) in [6, 6.07) is 12.4. The Balaban J connectivity index is 1.22. The molecule has 0 radical (unpaired) electrons. The van der Waals surface area contributed by atoms with E-state index < -0.39 is 0 Å². The minimum absolute atomic E-state index is 0.0279. The molecular weight excluding hydrogens is 506 g/mol. The molecular formula is C30H33N7OS. The van der Waals surface area contributed by atoms with Crippen LogP contribution in [0.1, 0.15) is 65.5 Å². The van der Waals surface area contributed by atoms with Crippen molar-refractivity contribution in [2.45, 2.75) is 44.6 Å². The SMILES string of the molecule is CC1CCC(c2ccc3sc(C4CCN(C)CC4)nc3c2)N(C(=O)c2ccc3nc(N)c4cncn4c3c2)C1. The third-order valence-corrected chi connectivity index (χ3v) is 9.78. The number of carbonyl (C=O) groups is 1. The van der Waals surface area contributed by atoms with Gasteiger partial charge in [0.15, 0.2) is 0 Å². The zero-order chi connectivity index (χ0) is 26.7. The number of anilines is 1. The van der Waals surface area contributed by atoms with Gasteiger partial charge in [0, 0.05) is 18.0 Å². The summed E-state index contributed by atoms with van der Waals surface area (Å²) < 4.78 is 3.14. The van der Waals surface area contributed by atoms with E-state index in [2.05, 4.69) is 51.9 Å². The van der Waals surface area contributed by atoms with Gasteiger partial charge in [-0.15, -0.1) is 11.3 Å². The van der Waals surface area contributed by atoms with Gasteiger partial charge in [0.1, 0.15) is 11.3 Å². The molecule has 2 atom stereocenters. The van der Waals surface area contributed by atoms with Crippen molar-refractivity contribution in [2.24, 2.45) is 5.92 Å². The molecule has 3 aromatic heterocycles. The Hall–Kier alpha value is -3.56. The predicted octanol–water partition coefficient (Wildman–Crippen LogP) is 5.50. The Morgan fingerprint density at radius 2 is 1.85 bits per heavy atom. The van der Waals surface area contributed by atoms with Gasteiger partial charge in [-0.3, -0.25) is 9.20 Å². The van der Waals surface area contributed by atoms with Crippen LogP contribution in [0.2, 0.25) is 0 Å². The van der Waals surface area contributed by atoms with Crippen LogP contribution < -0.4 is 5.73 Å². The molecule has 2 fully saturated rings. The van der Waals surface area contributed by atoms with Crippen molar-refractivity contribution in [2.75, 3.05) is 32.4 Å². The number of amides is 1. The summed E-state index contributed by atoms with van der Waals surface area (Å²) >= 11 is 1.84. The van der Waals surface area contributed by atoms with Crippen LogP contribution in [0.3, 0.4) is 0 Å². The lowest BCUT2D eigenvalue weighted by Crippen LogP contribution is -2.41. The molecule has 2 aliphatic rings. The van der Waals surface area contributed by atoms with Crippen molar-refractivity contribution in [1.29, 1.82) is 0 Å². The van der Waals surface area contributed by atoms with E-state index in [1.54, 1.807) is 12.5 Å². The van der Waals surface area contributed by atoms with E-state index in [0.29, 0.717) is 23.2 Å². The molecule has 2 saturated heterocycles. The Morgan fingerprint density at radius 1 is 1.00 bits per heavy atom. The fraction of sp³-hybridized carbons (Fsp3) is 0.400. The standard InChI is InChI=1S/C30H33N7OS/c1-18-3-7-24(20-5-8-27-23(13-20)34-29(39-27)19-9-11-35(2)12-10-19)36(16-18)30(38)21-4-6-22-25(14-21)37-17-32-15-26(37)28(31)33-22/h4-6,8,13-15,17-19,24H,3,7,9-12,16H2,1-2H3,(H2,31,33). The Bertz CT molecular complexity index is 1700. The number of benzene rings is 2. The summed E-state index contributed by atoms with van der Waals surface area (Å²) in [4.78, 5) is 32.4. The number of aromatic nitrogens is 4. The van der Waals surface area contributed by atoms with Crippen LogP contribution in [0.15, 0.2) is 48.9 Å². The summed E-state index contributed by atoms with van der Waals surface area (Å²) in [7, 11) is 2.20. The third-order valence-electron chi connectivity index (χ3n) is 8.58. The average molecular weight is 540 g/mol. The van der Waals surface area contributed by atoms with Crippen LogP contribution in [-0.4, -0.2) is 61.7 Å². The highest BCUT2D eigenvalue weighted by Crippen LogP contribution is 2.38. The van der Waals surface area contributed by atoms with Crippen LogP contribution in [-0.2, 0) is 0 Å². The molecule has 8 nitrogen and oxygen atoms in total. The van der Waals surface area contributed by atoms with Gasteiger partial charge in [-0.25, -0.2) is 15.0 Å². The molecule has 9 heteroatoms. The molecule has 7 rings (SSSR count). The van der Waals surface area contributed by atoms with Gasteiger partial charge in [0.2, 0.25) is 0 Å². The predicted molar refractivity (Wildman–Crippen MR) is 156 cm³/mol. The monoisotopic (exact) mass is 539 g/mol. The number of hydrogen-bond acceptors (Lipinski definition) is 7. The minimum Gasteiger partial charge on any atom is -0.382 e. The number of rotatable bonds is 3. The molecule has 2 aromatic carbocycles. The second-order valence-corrected chi connectivity index (χ2v) is 12.4. The molecule has 2 aliphatic heterocycles. The van der Waals surface area contributed by atoms with Gasteiger partial charge in [-0.05, 0) is 87.6 Å². The Labute approximate surface area is 231 Å². The fourth-order valence-corrected chi connectivity index (χ4v) is 7.41. The van der Waals surface area contributed by atoms with Crippen LogP contribution in [0.5, 0.6) is 0 Å². The lowest BCUT2D eigenvalue weighted by molar-refractivity contribution is 0.0545. The number of hydrogen-bond donors (Lipinski definition) is 1. The molecule has 0 saturated carbocycles. The number of nitrogens with zero attached hydrogens (tertiary/aromatic N) is 6. The number of nitrogen functional groups attached to an aromatic ring is 1. The molecule has 5 heterocycles. The van der Waals surface area contributed by atoms with E-state index >= 15 is 0 Å². The highest BCUT2D eigenvalue weighted by Gasteiger charge is 2.32. The van der Waals surface area contributed by atoms with Gasteiger partial charge in [-0.2, -0.15) is 0 Å². The Morgan fingerprint density at radius 3 is 2.69 bits per heavy atom. The lowest BCUT2D eigenvalue weighted by atomic mass is 9.89. The molecule has 39 heavy (non-hydrogen) atoms. The number of piperidine rings is 2. The topological polar surface area (TPSA) is 92.7 Å². The number of likely N-dealkylation sites (tertiary alicyclic amines) is 2.